The van der Waals surface area contributed by atoms with Crippen molar-refractivity contribution < 1.29 is 8.42 Å². The molecule has 0 amide bonds. The van der Waals surface area contributed by atoms with Gasteiger partial charge in [0.2, 0.25) is 0 Å². The third-order valence-electron chi connectivity index (χ3n) is 5.61. The second-order valence-corrected chi connectivity index (χ2v) is 11.6. The van der Waals surface area contributed by atoms with Crippen LogP contribution in [0.3, 0.4) is 0 Å². The maximum atomic E-state index is 13.0. The van der Waals surface area contributed by atoms with Gasteiger partial charge in [-0.05, 0) is 62.1 Å². The highest BCUT2D eigenvalue weighted by molar-refractivity contribution is 7.92. The number of piperidine rings is 1. The molecule has 1 aliphatic rings. The lowest BCUT2D eigenvalue weighted by molar-refractivity contribution is 0.529. The molecule has 0 N–H and O–H groups in total. The van der Waals surface area contributed by atoms with E-state index in [1.54, 1.807) is 17.4 Å². The lowest BCUT2D eigenvalue weighted by Gasteiger charge is -2.31. The van der Waals surface area contributed by atoms with Crippen LogP contribution in [-0.2, 0) is 9.84 Å². The first-order chi connectivity index (χ1) is 14.2. The fourth-order valence-electron chi connectivity index (χ4n) is 3.69. The molecule has 1 aromatic heterocycles. The summed E-state index contributed by atoms with van der Waals surface area (Å²) in [5.41, 5.74) is 4.57. The Kier molecular flexibility index (Phi) is 6.13. The molecule has 0 unspecified atom stereocenters. The number of hydrogen-bond acceptors (Lipinski definition) is 5. The van der Waals surface area contributed by atoms with E-state index in [2.05, 4.69) is 42.3 Å². The van der Waals surface area contributed by atoms with Crippen LogP contribution in [0.15, 0.2) is 46.7 Å². The molecular weight excluding hydrogens is 459 g/mol. The summed E-state index contributed by atoms with van der Waals surface area (Å²) in [4.78, 5) is 7.18. The predicted octanol–water partition coefficient (Wildman–Crippen LogP) is 6.18. The van der Waals surface area contributed by atoms with Crippen molar-refractivity contribution in [2.45, 2.75) is 36.8 Å². The molecule has 0 atom stereocenters. The normalized spacial score (nSPS) is 15.5. The van der Waals surface area contributed by atoms with Crippen molar-refractivity contribution in [3.63, 3.8) is 0 Å². The summed E-state index contributed by atoms with van der Waals surface area (Å²) in [7, 11) is -3.47. The third kappa shape index (κ3) is 4.37. The Morgan fingerprint density at radius 3 is 2.30 bits per heavy atom. The van der Waals surface area contributed by atoms with Crippen LogP contribution in [0.25, 0.3) is 11.3 Å². The van der Waals surface area contributed by atoms with Crippen molar-refractivity contribution in [3.05, 3.63) is 63.0 Å². The van der Waals surface area contributed by atoms with E-state index in [9.17, 15) is 8.42 Å². The van der Waals surface area contributed by atoms with Crippen molar-refractivity contribution >= 4 is 49.5 Å². The number of halogens is 2. The molecule has 2 heterocycles. The first kappa shape index (κ1) is 21.6. The number of aryl methyl sites for hydroxylation is 2. The van der Waals surface area contributed by atoms with Crippen LogP contribution in [0.1, 0.15) is 24.0 Å². The minimum atomic E-state index is -3.47. The number of nitrogens with zero attached hydrogens (tertiary/aromatic N) is 2. The Labute approximate surface area is 191 Å². The van der Waals surface area contributed by atoms with Crippen LogP contribution in [0.5, 0.6) is 0 Å². The summed E-state index contributed by atoms with van der Waals surface area (Å²) in [5.74, 6) is 0. The lowest BCUT2D eigenvalue weighted by Crippen LogP contribution is -2.39. The van der Waals surface area contributed by atoms with E-state index in [1.165, 1.54) is 23.3 Å². The van der Waals surface area contributed by atoms with E-state index >= 15 is 0 Å². The van der Waals surface area contributed by atoms with E-state index in [-0.39, 0.29) is 4.90 Å². The highest BCUT2D eigenvalue weighted by Crippen LogP contribution is 2.33. The highest BCUT2D eigenvalue weighted by Gasteiger charge is 2.32. The average Bonchev–Trinajstić information content (AvgIpc) is 3.20. The molecule has 1 saturated heterocycles. The predicted molar refractivity (Wildman–Crippen MR) is 126 cm³/mol. The number of thiazole rings is 1. The van der Waals surface area contributed by atoms with E-state index in [0.29, 0.717) is 36.0 Å². The molecule has 1 aliphatic heterocycles. The summed E-state index contributed by atoms with van der Waals surface area (Å²) < 4.78 is 26.1. The van der Waals surface area contributed by atoms with E-state index in [4.69, 9.17) is 28.2 Å². The Balaban J connectivity index is 1.47. The highest BCUT2D eigenvalue weighted by atomic mass is 35.5. The standard InChI is InChI=1S/C22H22Cl2N2O2S2/c1-14-3-4-16(9-15(14)2)21-13-29-22(25-21)26-7-5-19(6-8-26)30(27,28)20-11-17(23)10-18(24)12-20/h3-4,9-13,19H,5-8H2,1-2H3. The molecule has 30 heavy (non-hydrogen) atoms. The molecule has 4 nitrogen and oxygen atoms in total. The zero-order chi connectivity index (χ0) is 21.5. The fraction of sp³-hybridized carbons (Fsp3) is 0.318. The molecule has 1 fully saturated rings. The van der Waals surface area contributed by atoms with Gasteiger partial charge in [0, 0.05) is 34.1 Å². The summed E-state index contributed by atoms with van der Waals surface area (Å²) in [6.45, 7) is 5.50. The Morgan fingerprint density at radius 2 is 1.67 bits per heavy atom. The number of rotatable bonds is 4. The molecular formula is C22H22Cl2N2O2S2. The minimum absolute atomic E-state index is 0.199. The van der Waals surface area contributed by atoms with Gasteiger partial charge in [0.05, 0.1) is 15.8 Å². The fourth-order valence-corrected chi connectivity index (χ4v) is 7.03. The number of sulfone groups is 1. The molecule has 0 saturated carbocycles. The number of benzene rings is 2. The summed E-state index contributed by atoms with van der Waals surface area (Å²) >= 11 is 13.6. The number of hydrogen-bond donors (Lipinski definition) is 0. The number of anilines is 1. The summed E-state index contributed by atoms with van der Waals surface area (Å²) in [5, 5.41) is 3.23. The van der Waals surface area contributed by atoms with Crippen LogP contribution in [0.4, 0.5) is 5.13 Å². The van der Waals surface area contributed by atoms with Gasteiger partial charge in [0.25, 0.3) is 0 Å². The van der Waals surface area contributed by atoms with Gasteiger partial charge in [0.15, 0.2) is 15.0 Å². The van der Waals surface area contributed by atoms with Crippen LogP contribution in [-0.4, -0.2) is 31.7 Å². The maximum absolute atomic E-state index is 13.0. The molecule has 3 aromatic rings. The van der Waals surface area contributed by atoms with Gasteiger partial charge in [-0.2, -0.15) is 0 Å². The Morgan fingerprint density at radius 1 is 1.00 bits per heavy atom. The maximum Gasteiger partial charge on any atom is 0.185 e. The number of aromatic nitrogens is 1. The second kappa shape index (κ2) is 8.50. The molecule has 0 bridgehead atoms. The lowest BCUT2D eigenvalue weighted by atomic mass is 10.1. The van der Waals surface area contributed by atoms with E-state index in [0.717, 1.165) is 16.4 Å². The average molecular weight is 481 g/mol. The van der Waals surface area contributed by atoms with E-state index < -0.39 is 15.1 Å². The third-order valence-corrected chi connectivity index (χ3v) is 9.19. The Hall–Kier alpha value is -1.60. The van der Waals surface area contributed by atoms with Crippen molar-refractivity contribution in [1.82, 2.24) is 4.98 Å². The van der Waals surface area contributed by atoms with Crippen molar-refractivity contribution in [2.24, 2.45) is 0 Å². The van der Waals surface area contributed by atoms with Crippen LogP contribution in [0.2, 0.25) is 10.0 Å². The van der Waals surface area contributed by atoms with Crippen molar-refractivity contribution in [2.75, 3.05) is 18.0 Å². The van der Waals surface area contributed by atoms with Crippen molar-refractivity contribution in [1.29, 1.82) is 0 Å². The van der Waals surface area contributed by atoms with Crippen LogP contribution < -0.4 is 4.90 Å². The topological polar surface area (TPSA) is 50.3 Å². The van der Waals surface area contributed by atoms with Gasteiger partial charge in [-0.3, -0.25) is 0 Å². The minimum Gasteiger partial charge on any atom is -0.348 e. The zero-order valence-corrected chi connectivity index (χ0v) is 19.9. The van der Waals surface area contributed by atoms with E-state index in [1.807, 2.05) is 0 Å². The van der Waals surface area contributed by atoms with Crippen molar-refractivity contribution in [3.8, 4) is 11.3 Å². The molecule has 0 spiro atoms. The summed E-state index contributed by atoms with van der Waals surface area (Å²) in [6, 6.07) is 10.9. The second-order valence-electron chi connectivity index (χ2n) is 7.65. The van der Waals surface area contributed by atoms with Gasteiger partial charge >= 0.3 is 0 Å². The zero-order valence-electron chi connectivity index (χ0n) is 16.7. The smallest absolute Gasteiger partial charge is 0.185 e. The van der Waals surface area contributed by atoms with Gasteiger partial charge in [-0.1, -0.05) is 35.3 Å². The first-order valence-electron chi connectivity index (χ1n) is 9.72. The Bertz CT molecular complexity index is 1160. The van der Waals surface area contributed by atoms with Gasteiger partial charge in [0.1, 0.15) is 0 Å². The van der Waals surface area contributed by atoms with Crippen LogP contribution >= 0.6 is 34.5 Å². The van der Waals surface area contributed by atoms with Crippen LogP contribution in [0, 0.1) is 13.8 Å². The molecule has 0 radical (unpaired) electrons. The summed E-state index contributed by atoms with van der Waals surface area (Å²) in [6.07, 6.45) is 1.09. The van der Waals surface area contributed by atoms with Gasteiger partial charge < -0.3 is 4.90 Å². The molecule has 4 rings (SSSR count). The van der Waals surface area contributed by atoms with Gasteiger partial charge in [-0.25, -0.2) is 13.4 Å². The molecule has 158 valence electrons. The largest absolute Gasteiger partial charge is 0.348 e. The molecule has 2 aromatic carbocycles. The monoisotopic (exact) mass is 480 g/mol. The molecule has 0 aliphatic carbocycles. The first-order valence-corrected chi connectivity index (χ1v) is 12.9. The SMILES string of the molecule is Cc1ccc(-c2csc(N3CCC(S(=O)(=O)c4cc(Cl)cc(Cl)c4)CC3)n2)cc1C. The molecule has 8 heteroatoms. The quantitative estimate of drug-likeness (QED) is 0.447. The van der Waals surface area contributed by atoms with Gasteiger partial charge in [-0.15, -0.1) is 11.3 Å².